The van der Waals surface area contributed by atoms with E-state index in [0.29, 0.717) is 5.75 Å². The highest BCUT2D eigenvalue weighted by Crippen LogP contribution is 2.34. The second kappa shape index (κ2) is 7.53. The summed E-state index contributed by atoms with van der Waals surface area (Å²) in [5.41, 5.74) is 0.852. The molecule has 2 N–H and O–H groups in total. The van der Waals surface area contributed by atoms with E-state index >= 15 is 0 Å². The van der Waals surface area contributed by atoms with Crippen molar-refractivity contribution in [2.75, 3.05) is 19.5 Å². The van der Waals surface area contributed by atoms with Gasteiger partial charge in [0.1, 0.15) is 0 Å². The average Bonchev–Trinajstić information content (AvgIpc) is 2.44. The SMILES string of the molecule is COC(NC(=O)C(C)C)(SCCO)c1ccccc1. The van der Waals surface area contributed by atoms with Crippen LogP contribution >= 0.6 is 11.8 Å². The third-order valence-corrected chi connectivity index (χ3v) is 3.95. The monoisotopic (exact) mass is 283 g/mol. The van der Waals surface area contributed by atoms with Crippen molar-refractivity contribution in [2.24, 2.45) is 5.92 Å². The Morgan fingerprint density at radius 2 is 2.05 bits per heavy atom. The Kier molecular flexibility index (Phi) is 6.34. The molecular formula is C14H21NO3S. The number of aliphatic hydroxyl groups is 1. The van der Waals surface area contributed by atoms with E-state index in [-0.39, 0.29) is 18.4 Å². The second-order valence-corrected chi connectivity index (χ2v) is 5.67. The molecule has 0 aromatic heterocycles. The lowest BCUT2D eigenvalue weighted by atomic mass is 10.1. The number of hydrogen-bond donors (Lipinski definition) is 2. The first-order valence-corrected chi connectivity index (χ1v) is 7.22. The van der Waals surface area contributed by atoms with Crippen molar-refractivity contribution in [2.45, 2.75) is 18.9 Å². The molecule has 0 fully saturated rings. The summed E-state index contributed by atoms with van der Waals surface area (Å²) in [7, 11) is 1.55. The highest BCUT2D eigenvalue weighted by atomic mass is 32.2. The van der Waals surface area contributed by atoms with Crippen molar-refractivity contribution in [1.29, 1.82) is 0 Å². The number of thioether (sulfide) groups is 1. The zero-order valence-electron chi connectivity index (χ0n) is 11.6. The largest absolute Gasteiger partial charge is 0.396 e. The molecule has 0 aliphatic heterocycles. The number of hydrogen-bond acceptors (Lipinski definition) is 4. The summed E-state index contributed by atoms with van der Waals surface area (Å²) in [5, 5.41) is 11.0. The lowest BCUT2D eigenvalue weighted by molar-refractivity contribution is -0.129. The van der Waals surface area contributed by atoms with Crippen LogP contribution in [0.25, 0.3) is 0 Å². The van der Waals surface area contributed by atoms with Crippen LogP contribution in [-0.4, -0.2) is 30.5 Å². The fourth-order valence-corrected chi connectivity index (χ4v) is 2.54. The Balaban J connectivity index is 3.04. The molecule has 1 amide bonds. The zero-order valence-corrected chi connectivity index (χ0v) is 12.4. The van der Waals surface area contributed by atoms with Gasteiger partial charge in [0.25, 0.3) is 0 Å². The smallest absolute Gasteiger partial charge is 0.225 e. The van der Waals surface area contributed by atoms with Crippen molar-refractivity contribution in [3.63, 3.8) is 0 Å². The molecule has 1 aromatic rings. The maximum Gasteiger partial charge on any atom is 0.225 e. The third-order valence-electron chi connectivity index (χ3n) is 2.65. The van der Waals surface area contributed by atoms with Crippen molar-refractivity contribution < 1.29 is 14.6 Å². The van der Waals surface area contributed by atoms with E-state index in [2.05, 4.69) is 5.32 Å². The lowest BCUT2D eigenvalue weighted by Gasteiger charge is -2.33. The molecule has 19 heavy (non-hydrogen) atoms. The minimum absolute atomic E-state index is 0.0279. The third kappa shape index (κ3) is 4.23. The van der Waals surface area contributed by atoms with Gasteiger partial charge in [0.15, 0.2) is 0 Å². The first kappa shape index (κ1) is 16.0. The predicted molar refractivity (Wildman–Crippen MR) is 77.7 cm³/mol. The molecule has 0 bridgehead atoms. The number of rotatable bonds is 7. The fraction of sp³-hybridized carbons (Fsp3) is 0.500. The van der Waals surface area contributed by atoms with Crippen molar-refractivity contribution in [1.82, 2.24) is 5.32 Å². The second-order valence-electron chi connectivity index (χ2n) is 4.40. The maximum absolute atomic E-state index is 12.0. The van der Waals surface area contributed by atoms with Crippen LogP contribution in [0.15, 0.2) is 30.3 Å². The van der Waals surface area contributed by atoms with Crippen LogP contribution in [-0.2, 0) is 14.6 Å². The first-order valence-electron chi connectivity index (χ1n) is 6.23. The van der Waals surface area contributed by atoms with E-state index in [0.717, 1.165) is 5.56 Å². The van der Waals surface area contributed by atoms with Gasteiger partial charge in [-0.3, -0.25) is 4.79 Å². The van der Waals surface area contributed by atoms with E-state index in [1.807, 2.05) is 44.2 Å². The Bertz CT molecular complexity index is 397. The maximum atomic E-state index is 12.0. The summed E-state index contributed by atoms with van der Waals surface area (Å²) in [6, 6.07) is 9.49. The Morgan fingerprint density at radius 1 is 1.42 bits per heavy atom. The molecule has 0 aliphatic carbocycles. The fourth-order valence-electron chi connectivity index (χ4n) is 1.57. The Labute approximate surface area is 118 Å². The number of carbonyl (C=O) groups excluding carboxylic acids is 1. The van der Waals surface area contributed by atoms with Crippen molar-refractivity contribution >= 4 is 17.7 Å². The van der Waals surface area contributed by atoms with E-state index in [9.17, 15) is 4.79 Å². The van der Waals surface area contributed by atoms with Gasteiger partial charge < -0.3 is 15.2 Å². The van der Waals surface area contributed by atoms with Crippen molar-refractivity contribution in [3.8, 4) is 0 Å². The normalized spacial score (nSPS) is 14.2. The zero-order chi connectivity index (χ0) is 14.3. The van der Waals surface area contributed by atoms with Gasteiger partial charge in [-0.25, -0.2) is 0 Å². The number of nitrogens with one attached hydrogen (secondary N) is 1. The highest BCUT2D eigenvalue weighted by Gasteiger charge is 2.35. The first-order chi connectivity index (χ1) is 9.05. The minimum atomic E-state index is -0.953. The van der Waals surface area contributed by atoms with Gasteiger partial charge in [0.2, 0.25) is 11.0 Å². The van der Waals surface area contributed by atoms with Gasteiger partial charge in [-0.05, 0) is 0 Å². The Hall–Kier alpha value is -1.04. The van der Waals surface area contributed by atoms with E-state index in [1.54, 1.807) is 7.11 Å². The number of aliphatic hydroxyl groups excluding tert-OH is 1. The molecule has 106 valence electrons. The van der Waals surface area contributed by atoms with Gasteiger partial charge >= 0.3 is 0 Å². The summed E-state index contributed by atoms with van der Waals surface area (Å²) < 4.78 is 5.57. The molecule has 0 spiro atoms. The summed E-state index contributed by atoms with van der Waals surface area (Å²) in [5.74, 6) is 0.255. The molecule has 0 saturated carbocycles. The van der Waals surface area contributed by atoms with Crippen LogP contribution in [0, 0.1) is 5.92 Å². The molecule has 0 heterocycles. The van der Waals surface area contributed by atoms with E-state index in [4.69, 9.17) is 9.84 Å². The van der Waals surface area contributed by atoms with Crippen molar-refractivity contribution in [3.05, 3.63) is 35.9 Å². The standard InChI is InChI=1S/C14H21NO3S/c1-11(2)13(17)15-14(18-3,19-10-9-16)12-7-5-4-6-8-12/h4-8,11,16H,9-10H2,1-3H3,(H,15,17). The summed E-state index contributed by atoms with van der Waals surface area (Å²) in [6.45, 7) is 3.69. The van der Waals surface area contributed by atoms with Gasteiger partial charge in [-0.1, -0.05) is 55.9 Å². The number of benzene rings is 1. The van der Waals surface area contributed by atoms with Crippen LogP contribution < -0.4 is 5.32 Å². The van der Waals surface area contributed by atoms with E-state index < -0.39 is 5.06 Å². The number of carbonyl (C=O) groups is 1. The molecule has 0 aliphatic rings. The molecule has 0 saturated heterocycles. The van der Waals surface area contributed by atoms with Gasteiger partial charge in [-0.2, -0.15) is 0 Å². The molecule has 0 radical (unpaired) electrons. The highest BCUT2D eigenvalue weighted by molar-refractivity contribution is 8.00. The molecule has 1 aromatic carbocycles. The summed E-state index contributed by atoms with van der Waals surface area (Å²) in [6.07, 6.45) is 0. The Morgan fingerprint density at radius 3 is 2.53 bits per heavy atom. The minimum Gasteiger partial charge on any atom is -0.396 e. The van der Waals surface area contributed by atoms with Crippen LogP contribution in [0.1, 0.15) is 19.4 Å². The number of amides is 1. The van der Waals surface area contributed by atoms with Crippen LogP contribution in [0.3, 0.4) is 0 Å². The molecule has 1 unspecified atom stereocenters. The van der Waals surface area contributed by atoms with Gasteiger partial charge in [-0.15, -0.1) is 0 Å². The quantitative estimate of drug-likeness (QED) is 0.751. The number of ether oxygens (including phenoxy) is 1. The molecular weight excluding hydrogens is 262 g/mol. The van der Waals surface area contributed by atoms with E-state index in [1.165, 1.54) is 11.8 Å². The van der Waals surface area contributed by atoms with Crippen LogP contribution in [0.5, 0.6) is 0 Å². The van der Waals surface area contributed by atoms with Gasteiger partial charge in [0, 0.05) is 24.3 Å². The summed E-state index contributed by atoms with van der Waals surface area (Å²) in [4.78, 5) is 12.0. The molecule has 5 heteroatoms. The topological polar surface area (TPSA) is 58.6 Å². The average molecular weight is 283 g/mol. The molecule has 1 rings (SSSR count). The molecule has 4 nitrogen and oxygen atoms in total. The summed E-state index contributed by atoms with van der Waals surface area (Å²) >= 11 is 1.36. The predicted octanol–water partition coefficient (Wildman–Crippen LogP) is 1.94. The van der Waals surface area contributed by atoms with Crippen LogP contribution in [0.2, 0.25) is 0 Å². The van der Waals surface area contributed by atoms with Crippen LogP contribution in [0.4, 0.5) is 0 Å². The van der Waals surface area contributed by atoms with Gasteiger partial charge in [0.05, 0.1) is 6.61 Å². The lowest BCUT2D eigenvalue weighted by Crippen LogP contribution is -2.46. The molecule has 1 atom stereocenters. The number of methoxy groups -OCH3 is 1.